The van der Waals surface area contributed by atoms with E-state index in [4.69, 9.17) is 0 Å². The van der Waals surface area contributed by atoms with Crippen LogP contribution in [0.15, 0.2) is 42.6 Å². The van der Waals surface area contributed by atoms with Crippen molar-refractivity contribution in [1.29, 1.82) is 0 Å². The third-order valence-electron chi connectivity index (χ3n) is 3.35. The Bertz CT molecular complexity index is 868. The summed E-state index contributed by atoms with van der Waals surface area (Å²) in [5.41, 5.74) is 2.20. The van der Waals surface area contributed by atoms with E-state index in [1.54, 1.807) is 35.7 Å². The number of aromatic nitrogens is 2. The molecule has 0 unspecified atom stereocenters. The number of carbonyl (C=O) groups excluding carboxylic acids is 1. The molecule has 2 aromatic heterocycles. The zero-order chi connectivity index (χ0) is 15.0. The summed E-state index contributed by atoms with van der Waals surface area (Å²) in [5, 5.41) is 11.1. The third-order valence-corrected chi connectivity index (χ3v) is 3.35. The van der Waals surface area contributed by atoms with Crippen molar-refractivity contribution in [2.24, 2.45) is 0 Å². The van der Waals surface area contributed by atoms with Gasteiger partial charge in [-0.05, 0) is 19.1 Å². The summed E-state index contributed by atoms with van der Waals surface area (Å²) in [5.74, 6) is 0.510. The Morgan fingerprint density at radius 1 is 1.29 bits per heavy atom. The van der Waals surface area contributed by atoms with Gasteiger partial charge in [0.2, 0.25) is 0 Å². The van der Waals surface area contributed by atoms with Crippen LogP contribution in [-0.4, -0.2) is 20.6 Å². The molecular formula is C15H11N3O3. The second-order valence-corrected chi connectivity index (χ2v) is 4.65. The molecule has 0 atom stereocenters. The van der Waals surface area contributed by atoms with E-state index >= 15 is 0 Å². The molecule has 0 aliphatic carbocycles. The Labute approximate surface area is 119 Å². The Morgan fingerprint density at radius 2 is 2.10 bits per heavy atom. The lowest BCUT2D eigenvalue weighted by Crippen LogP contribution is -1.94. The first-order valence-electron chi connectivity index (χ1n) is 6.29. The summed E-state index contributed by atoms with van der Waals surface area (Å²) in [6.45, 7) is 1.68. The zero-order valence-corrected chi connectivity index (χ0v) is 11.2. The van der Waals surface area contributed by atoms with Crippen molar-refractivity contribution in [2.45, 2.75) is 6.92 Å². The minimum absolute atomic E-state index is 0.0350. The number of fused-ring (bicyclic) bond motifs is 1. The number of nitro groups is 1. The molecular weight excluding hydrogens is 270 g/mol. The second-order valence-electron chi connectivity index (χ2n) is 4.65. The maximum absolute atomic E-state index is 11.1. The van der Waals surface area contributed by atoms with Crippen LogP contribution in [0.3, 0.4) is 0 Å². The number of pyridine rings is 1. The average Bonchev–Trinajstić information content (AvgIpc) is 2.86. The van der Waals surface area contributed by atoms with E-state index in [0.717, 1.165) is 0 Å². The highest BCUT2D eigenvalue weighted by molar-refractivity contribution is 5.86. The maximum Gasteiger partial charge on any atom is 0.273 e. The summed E-state index contributed by atoms with van der Waals surface area (Å²) in [6.07, 6.45) is 2.46. The number of aldehydes is 1. The summed E-state index contributed by atoms with van der Waals surface area (Å²) in [4.78, 5) is 26.0. The minimum Gasteiger partial charge on any atom is -0.299 e. The van der Waals surface area contributed by atoms with Gasteiger partial charge in [0, 0.05) is 23.4 Å². The molecule has 6 heteroatoms. The number of benzene rings is 1. The molecule has 2 heterocycles. The number of nitro benzene ring substituents is 1. The first-order valence-corrected chi connectivity index (χ1v) is 6.29. The average molecular weight is 281 g/mol. The molecule has 0 aliphatic rings. The summed E-state index contributed by atoms with van der Waals surface area (Å²) in [7, 11) is 0. The SMILES string of the molecule is Cc1ccc(-c2nc(C=O)c3ccccn23)cc1[N+](=O)[O-]. The fraction of sp³-hybridized carbons (Fsp3) is 0.0667. The van der Waals surface area contributed by atoms with E-state index in [0.29, 0.717) is 34.4 Å². The van der Waals surface area contributed by atoms with Crippen LogP contribution in [0.5, 0.6) is 0 Å². The number of hydrogen-bond acceptors (Lipinski definition) is 4. The number of rotatable bonds is 3. The number of aryl methyl sites for hydroxylation is 1. The number of hydrogen-bond donors (Lipinski definition) is 0. The van der Waals surface area contributed by atoms with Gasteiger partial charge in [0.05, 0.1) is 10.4 Å². The lowest BCUT2D eigenvalue weighted by Gasteiger charge is -2.03. The first-order chi connectivity index (χ1) is 10.1. The van der Waals surface area contributed by atoms with Gasteiger partial charge in [-0.3, -0.25) is 19.3 Å². The lowest BCUT2D eigenvalue weighted by molar-refractivity contribution is -0.385. The quantitative estimate of drug-likeness (QED) is 0.420. The van der Waals surface area contributed by atoms with E-state index in [1.807, 2.05) is 12.1 Å². The van der Waals surface area contributed by atoms with E-state index in [1.165, 1.54) is 6.07 Å². The van der Waals surface area contributed by atoms with Crippen LogP contribution < -0.4 is 0 Å². The van der Waals surface area contributed by atoms with E-state index in [-0.39, 0.29) is 5.69 Å². The molecule has 6 nitrogen and oxygen atoms in total. The second kappa shape index (κ2) is 4.82. The van der Waals surface area contributed by atoms with E-state index in [2.05, 4.69) is 4.98 Å². The summed E-state index contributed by atoms with van der Waals surface area (Å²) in [6, 6.07) is 10.3. The van der Waals surface area contributed by atoms with Gasteiger partial charge < -0.3 is 0 Å². The van der Waals surface area contributed by atoms with Crippen LogP contribution in [-0.2, 0) is 0 Å². The number of carbonyl (C=O) groups is 1. The Kier molecular flexibility index (Phi) is 2.98. The van der Waals surface area contributed by atoms with Crippen molar-refractivity contribution < 1.29 is 9.72 Å². The highest BCUT2D eigenvalue weighted by Crippen LogP contribution is 2.27. The molecule has 3 aromatic rings. The third kappa shape index (κ3) is 2.06. The summed E-state index contributed by atoms with van der Waals surface area (Å²) < 4.78 is 1.75. The zero-order valence-electron chi connectivity index (χ0n) is 11.2. The molecule has 1 aromatic carbocycles. The van der Waals surface area contributed by atoms with Gasteiger partial charge in [-0.1, -0.05) is 18.2 Å². The van der Waals surface area contributed by atoms with Gasteiger partial charge >= 0.3 is 0 Å². The van der Waals surface area contributed by atoms with Crippen molar-refractivity contribution >= 4 is 17.5 Å². The molecule has 0 bridgehead atoms. The van der Waals surface area contributed by atoms with Crippen LogP contribution in [0, 0.1) is 17.0 Å². The molecule has 104 valence electrons. The standard InChI is InChI=1S/C15H11N3O3/c1-10-5-6-11(8-14(10)18(20)21)15-16-12(9-19)13-4-2-3-7-17(13)15/h2-9H,1H3. The van der Waals surface area contributed by atoms with Gasteiger partial charge in [-0.2, -0.15) is 0 Å². The number of imidazole rings is 1. The number of nitrogens with zero attached hydrogens (tertiary/aromatic N) is 3. The molecule has 0 saturated carbocycles. The topological polar surface area (TPSA) is 77.5 Å². The Hall–Kier alpha value is -3.02. The highest BCUT2D eigenvalue weighted by atomic mass is 16.6. The van der Waals surface area contributed by atoms with Crippen LogP contribution in [0.25, 0.3) is 16.9 Å². The minimum atomic E-state index is -0.421. The van der Waals surface area contributed by atoms with Crippen LogP contribution >= 0.6 is 0 Å². The molecule has 21 heavy (non-hydrogen) atoms. The monoisotopic (exact) mass is 281 g/mol. The van der Waals surface area contributed by atoms with Crippen molar-refractivity contribution in [3.05, 3.63) is 64.0 Å². The van der Waals surface area contributed by atoms with Gasteiger partial charge in [-0.15, -0.1) is 0 Å². The fourth-order valence-electron chi connectivity index (χ4n) is 2.30. The molecule has 0 aliphatic heterocycles. The first kappa shape index (κ1) is 13.0. The molecule has 0 saturated heterocycles. The van der Waals surface area contributed by atoms with Gasteiger partial charge in [0.15, 0.2) is 6.29 Å². The lowest BCUT2D eigenvalue weighted by atomic mass is 10.1. The summed E-state index contributed by atoms with van der Waals surface area (Å²) >= 11 is 0. The molecule has 0 fully saturated rings. The molecule has 0 amide bonds. The van der Waals surface area contributed by atoms with Crippen molar-refractivity contribution in [3.8, 4) is 11.4 Å². The molecule has 0 N–H and O–H groups in total. The van der Waals surface area contributed by atoms with Gasteiger partial charge in [0.25, 0.3) is 5.69 Å². The maximum atomic E-state index is 11.1. The van der Waals surface area contributed by atoms with Crippen LogP contribution in [0.4, 0.5) is 5.69 Å². The van der Waals surface area contributed by atoms with Gasteiger partial charge in [0.1, 0.15) is 11.5 Å². The highest BCUT2D eigenvalue weighted by Gasteiger charge is 2.16. The Morgan fingerprint density at radius 3 is 2.81 bits per heavy atom. The molecule has 0 spiro atoms. The van der Waals surface area contributed by atoms with Crippen molar-refractivity contribution in [2.75, 3.05) is 0 Å². The van der Waals surface area contributed by atoms with Crippen LogP contribution in [0.1, 0.15) is 16.1 Å². The molecule has 3 rings (SSSR count). The van der Waals surface area contributed by atoms with Crippen molar-refractivity contribution in [3.63, 3.8) is 0 Å². The largest absolute Gasteiger partial charge is 0.299 e. The smallest absolute Gasteiger partial charge is 0.273 e. The van der Waals surface area contributed by atoms with Crippen LogP contribution in [0.2, 0.25) is 0 Å². The molecule has 0 radical (unpaired) electrons. The van der Waals surface area contributed by atoms with E-state index < -0.39 is 4.92 Å². The normalized spacial score (nSPS) is 10.7. The predicted octanol–water partition coefficient (Wildman–Crippen LogP) is 3.03. The predicted molar refractivity (Wildman–Crippen MR) is 77.4 cm³/mol. The fourth-order valence-corrected chi connectivity index (χ4v) is 2.30. The van der Waals surface area contributed by atoms with E-state index in [9.17, 15) is 14.9 Å². The Balaban J connectivity index is 2.28. The van der Waals surface area contributed by atoms with Crippen molar-refractivity contribution in [1.82, 2.24) is 9.38 Å². The van der Waals surface area contributed by atoms with Gasteiger partial charge in [-0.25, -0.2) is 4.98 Å².